The van der Waals surface area contributed by atoms with Gasteiger partial charge in [0.1, 0.15) is 5.75 Å². The fourth-order valence-electron chi connectivity index (χ4n) is 3.34. The van der Waals surface area contributed by atoms with Crippen molar-refractivity contribution in [2.24, 2.45) is 0 Å². The molecule has 0 aromatic heterocycles. The lowest BCUT2D eigenvalue weighted by molar-refractivity contribution is -0.129. The zero-order valence-corrected chi connectivity index (χ0v) is 14.9. The van der Waals surface area contributed by atoms with Gasteiger partial charge < -0.3 is 4.74 Å². The first kappa shape index (κ1) is 16.5. The summed E-state index contributed by atoms with van der Waals surface area (Å²) < 4.78 is 6.77. The number of hydrogen-bond donors (Lipinski definition) is 0. The molecule has 0 saturated heterocycles. The number of halogens is 1. The third-order valence-corrected chi connectivity index (χ3v) is 5.18. The molecule has 2 rings (SSSR count). The van der Waals surface area contributed by atoms with Crippen LogP contribution in [-0.2, 0) is 17.6 Å². The highest BCUT2D eigenvalue weighted by Gasteiger charge is 2.37. The number of rotatable bonds is 6. The normalized spacial score (nSPS) is 14.2. The van der Waals surface area contributed by atoms with Crippen LogP contribution in [0.15, 0.2) is 16.6 Å². The third kappa shape index (κ3) is 3.02. The minimum atomic E-state index is -0.381. The summed E-state index contributed by atoms with van der Waals surface area (Å²) in [7, 11) is 3.99. The van der Waals surface area contributed by atoms with E-state index in [9.17, 15) is 4.79 Å². The average Bonchev–Trinajstić information content (AvgIpc) is 2.88. The summed E-state index contributed by atoms with van der Waals surface area (Å²) >= 11 is 3.54. The standard InChI is InChI=1S/C17H24BrNO2/c1-5-17(6-2,19(3)4)15(20)11-13-10-14(18)9-12-7-8-21-16(12)13/h9-10H,5-8,11H2,1-4H3. The minimum Gasteiger partial charge on any atom is -0.493 e. The molecule has 1 aromatic carbocycles. The van der Waals surface area contributed by atoms with Gasteiger partial charge in [0.2, 0.25) is 0 Å². The van der Waals surface area contributed by atoms with Crippen molar-refractivity contribution < 1.29 is 9.53 Å². The molecule has 4 heteroatoms. The smallest absolute Gasteiger partial charge is 0.157 e. The Hall–Kier alpha value is -0.870. The fourth-order valence-corrected chi connectivity index (χ4v) is 3.89. The molecule has 116 valence electrons. The SMILES string of the molecule is CCC(CC)(C(=O)Cc1cc(Br)cc2c1OCC2)N(C)C. The predicted octanol–water partition coefficient (Wildman–Crippen LogP) is 3.62. The average molecular weight is 354 g/mol. The van der Waals surface area contributed by atoms with Crippen LogP contribution in [0.2, 0.25) is 0 Å². The number of nitrogens with zero attached hydrogens (tertiary/aromatic N) is 1. The highest BCUT2D eigenvalue weighted by atomic mass is 79.9. The number of Topliss-reactive ketones (excluding diaryl/α,β-unsaturated/α-hetero) is 1. The highest BCUT2D eigenvalue weighted by molar-refractivity contribution is 9.10. The van der Waals surface area contributed by atoms with E-state index < -0.39 is 0 Å². The highest BCUT2D eigenvalue weighted by Crippen LogP contribution is 2.35. The van der Waals surface area contributed by atoms with Crippen LogP contribution in [0.3, 0.4) is 0 Å². The lowest BCUT2D eigenvalue weighted by Crippen LogP contribution is -2.51. The fraction of sp³-hybridized carbons (Fsp3) is 0.588. The summed E-state index contributed by atoms with van der Waals surface area (Å²) in [6.45, 7) is 4.89. The van der Waals surface area contributed by atoms with Crippen LogP contribution in [0.4, 0.5) is 0 Å². The Bertz CT molecular complexity index is 536. The summed E-state index contributed by atoms with van der Waals surface area (Å²) in [5.41, 5.74) is 1.83. The van der Waals surface area contributed by atoms with Gasteiger partial charge in [0, 0.05) is 22.9 Å². The second-order valence-electron chi connectivity index (χ2n) is 5.88. The second-order valence-corrected chi connectivity index (χ2v) is 6.80. The van der Waals surface area contributed by atoms with Crippen LogP contribution in [0.1, 0.15) is 37.8 Å². The Morgan fingerprint density at radius 3 is 2.57 bits per heavy atom. The maximum Gasteiger partial charge on any atom is 0.157 e. The van der Waals surface area contributed by atoms with Gasteiger partial charge in [0.15, 0.2) is 5.78 Å². The molecule has 1 aliphatic rings. The van der Waals surface area contributed by atoms with Gasteiger partial charge >= 0.3 is 0 Å². The number of carbonyl (C=O) groups excluding carboxylic acids is 1. The molecule has 0 saturated carbocycles. The largest absolute Gasteiger partial charge is 0.493 e. The van der Waals surface area contributed by atoms with Crippen molar-refractivity contribution in [2.45, 2.75) is 45.1 Å². The van der Waals surface area contributed by atoms with E-state index in [0.717, 1.165) is 35.0 Å². The maximum atomic E-state index is 12.9. The third-order valence-electron chi connectivity index (χ3n) is 4.72. The molecule has 1 heterocycles. The predicted molar refractivity (Wildman–Crippen MR) is 89.1 cm³/mol. The lowest BCUT2D eigenvalue weighted by atomic mass is 9.83. The number of fused-ring (bicyclic) bond motifs is 1. The van der Waals surface area contributed by atoms with Crippen molar-refractivity contribution in [1.29, 1.82) is 0 Å². The number of likely N-dealkylation sites (N-methyl/N-ethyl adjacent to an activating group) is 1. The van der Waals surface area contributed by atoms with E-state index in [1.165, 1.54) is 5.56 Å². The van der Waals surface area contributed by atoms with Crippen molar-refractivity contribution in [3.8, 4) is 5.75 Å². The Labute approximate surface area is 135 Å². The molecule has 0 amide bonds. The van der Waals surface area contributed by atoms with E-state index in [4.69, 9.17) is 4.74 Å². The van der Waals surface area contributed by atoms with Gasteiger partial charge in [-0.15, -0.1) is 0 Å². The van der Waals surface area contributed by atoms with E-state index in [2.05, 4.69) is 40.7 Å². The summed E-state index contributed by atoms with van der Waals surface area (Å²) in [6.07, 6.45) is 3.01. The van der Waals surface area contributed by atoms with Gasteiger partial charge in [-0.1, -0.05) is 29.8 Å². The summed E-state index contributed by atoms with van der Waals surface area (Å²) in [5, 5.41) is 0. The molecule has 0 unspecified atom stereocenters. The zero-order chi connectivity index (χ0) is 15.6. The second kappa shape index (κ2) is 6.49. The molecule has 0 bridgehead atoms. The topological polar surface area (TPSA) is 29.5 Å². The molecule has 0 N–H and O–H groups in total. The van der Waals surface area contributed by atoms with E-state index in [0.29, 0.717) is 13.0 Å². The van der Waals surface area contributed by atoms with Gasteiger partial charge in [-0.25, -0.2) is 0 Å². The Kier molecular flexibility index (Phi) is 5.10. The number of ether oxygens (including phenoxy) is 1. The number of hydrogen-bond acceptors (Lipinski definition) is 3. The first-order valence-electron chi connectivity index (χ1n) is 7.59. The van der Waals surface area contributed by atoms with Gasteiger partial charge in [-0.2, -0.15) is 0 Å². The van der Waals surface area contributed by atoms with E-state index in [1.54, 1.807) is 0 Å². The van der Waals surface area contributed by atoms with Crippen molar-refractivity contribution in [1.82, 2.24) is 4.90 Å². The molecule has 0 spiro atoms. The van der Waals surface area contributed by atoms with Crippen LogP contribution in [0.5, 0.6) is 5.75 Å². The van der Waals surface area contributed by atoms with E-state index in [1.807, 2.05) is 20.2 Å². The molecule has 3 nitrogen and oxygen atoms in total. The number of benzene rings is 1. The van der Waals surface area contributed by atoms with Crippen molar-refractivity contribution in [2.75, 3.05) is 20.7 Å². The van der Waals surface area contributed by atoms with Crippen LogP contribution in [0.25, 0.3) is 0 Å². The summed E-state index contributed by atoms with van der Waals surface area (Å²) in [5.74, 6) is 1.19. The van der Waals surface area contributed by atoms with Crippen molar-refractivity contribution in [3.63, 3.8) is 0 Å². The Morgan fingerprint density at radius 2 is 2.00 bits per heavy atom. The summed E-state index contributed by atoms with van der Waals surface area (Å²) in [6, 6.07) is 4.11. The minimum absolute atomic E-state index is 0.272. The molecular weight excluding hydrogens is 330 g/mol. The van der Waals surface area contributed by atoms with Crippen LogP contribution >= 0.6 is 15.9 Å². The van der Waals surface area contributed by atoms with E-state index >= 15 is 0 Å². The molecule has 0 aliphatic carbocycles. The van der Waals surface area contributed by atoms with Gasteiger partial charge in [-0.3, -0.25) is 9.69 Å². The molecule has 21 heavy (non-hydrogen) atoms. The van der Waals surface area contributed by atoms with Crippen LogP contribution in [0, 0.1) is 0 Å². The first-order chi connectivity index (χ1) is 9.94. The molecule has 0 fully saturated rings. The number of ketones is 1. The van der Waals surface area contributed by atoms with Crippen LogP contribution in [-0.4, -0.2) is 36.9 Å². The Balaban J connectivity index is 2.32. The molecule has 1 aromatic rings. The van der Waals surface area contributed by atoms with Gasteiger partial charge in [0.25, 0.3) is 0 Å². The van der Waals surface area contributed by atoms with Gasteiger partial charge in [-0.05, 0) is 44.6 Å². The van der Waals surface area contributed by atoms with Crippen LogP contribution < -0.4 is 4.74 Å². The molecule has 1 aliphatic heterocycles. The molecule has 0 atom stereocenters. The maximum absolute atomic E-state index is 12.9. The first-order valence-corrected chi connectivity index (χ1v) is 8.38. The number of carbonyl (C=O) groups is 1. The quantitative estimate of drug-likeness (QED) is 0.782. The van der Waals surface area contributed by atoms with Crippen molar-refractivity contribution in [3.05, 3.63) is 27.7 Å². The Morgan fingerprint density at radius 1 is 1.33 bits per heavy atom. The van der Waals surface area contributed by atoms with Gasteiger partial charge in [0.05, 0.1) is 12.1 Å². The zero-order valence-electron chi connectivity index (χ0n) is 13.3. The monoisotopic (exact) mass is 353 g/mol. The van der Waals surface area contributed by atoms with E-state index in [-0.39, 0.29) is 11.3 Å². The van der Waals surface area contributed by atoms with Crippen molar-refractivity contribution >= 4 is 21.7 Å². The lowest BCUT2D eigenvalue weighted by Gasteiger charge is -2.37. The molecular formula is C17H24BrNO2. The molecule has 0 radical (unpaired) electrons. The summed E-state index contributed by atoms with van der Waals surface area (Å²) in [4.78, 5) is 15.0.